The third-order valence-electron chi connectivity index (χ3n) is 2.95. The monoisotopic (exact) mass is 289 g/mol. The molecule has 0 saturated heterocycles. The van der Waals surface area contributed by atoms with E-state index in [9.17, 15) is 4.79 Å². The molecule has 20 heavy (non-hydrogen) atoms. The zero-order valence-corrected chi connectivity index (χ0v) is 12.5. The van der Waals surface area contributed by atoms with Crippen molar-refractivity contribution in [3.63, 3.8) is 0 Å². The van der Waals surface area contributed by atoms with Crippen LogP contribution < -0.4 is 10.6 Å². The Labute approximate surface area is 123 Å². The number of pyridine rings is 1. The fourth-order valence-corrected chi connectivity index (χ4v) is 2.61. The summed E-state index contributed by atoms with van der Waals surface area (Å²) < 4.78 is 0. The van der Waals surface area contributed by atoms with Gasteiger partial charge in [0, 0.05) is 17.6 Å². The number of amides is 1. The van der Waals surface area contributed by atoms with Crippen molar-refractivity contribution in [3.8, 4) is 0 Å². The topological polar surface area (TPSA) is 54.0 Å². The van der Waals surface area contributed by atoms with Gasteiger partial charge in [0.1, 0.15) is 0 Å². The van der Waals surface area contributed by atoms with Gasteiger partial charge < -0.3 is 10.6 Å². The zero-order chi connectivity index (χ0) is 14.4. The van der Waals surface area contributed by atoms with Crippen LogP contribution in [0.1, 0.15) is 41.5 Å². The quantitative estimate of drug-likeness (QED) is 0.856. The van der Waals surface area contributed by atoms with Gasteiger partial charge in [0.05, 0.1) is 23.5 Å². The summed E-state index contributed by atoms with van der Waals surface area (Å²) in [7, 11) is 0. The van der Waals surface area contributed by atoms with E-state index in [1.165, 1.54) is 0 Å². The van der Waals surface area contributed by atoms with Crippen molar-refractivity contribution in [1.82, 2.24) is 10.3 Å². The number of rotatable bonds is 6. The van der Waals surface area contributed by atoms with Crippen molar-refractivity contribution in [2.24, 2.45) is 0 Å². The standard InChI is InChI=1S/C15H19N3OS/c1-3-7-17-13-10-16-8-6-12(13)15(19)18-11(2)14-5-4-9-20-14/h4-6,8-11,17H,3,7H2,1-2H3,(H,18,19). The van der Waals surface area contributed by atoms with Crippen LogP contribution in [0.25, 0.3) is 0 Å². The molecule has 2 aromatic heterocycles. The molecule has 106 valence electrons. The highest BCUT2D eigenvalue weighted by molar-refractivity contribution is 7.10. The molecular weight excluding hydrogens is 270 g/mol. The Balaban J connectivity index is 2.09. The van der Waals surface area contributed by atoms with Gasteiger partial charge in [-0.25, -0.2) is 0 Å². The molecule has 0 aliphatic carbocycles. The van der Waals surface area contributed by atoms with Crippen molar-refractivity contribution in [2.75, 3.05) is 11.9 Å². The summed E-state index contributed by atoms with van der Waals surface area (Å²) in [4.78, 5) is 17.6. The van der Waals surface area contributed by atoms with Crippen LogP contribution >= 0.6 is 11.3 Å². The maximum atomic E-state index is 12.4. The zero-order valence-electron chi connectivity index (χ0n) is 11.7. The number of nitrogens with zero attached hydrogens (tertiary/aromatic N) is 1. The molecule has 0 aliphatic heterocycles. The maximum absolute atomic E-state index is 12.4. The van der Waals surface area contributed by atoms with E-state index in [4.69, 9.17) is 0 Å². The van der Waals surface area contributed by atoms with E-state index in [1.54, 1.807) is 29.8 Å². The van der Waals surface area contributed by atoms with Crippen LogP contribution in [0.2, 0.25) is 0 Å². The lowest BCUT2D eigenvalue weighted by molar-refractivity contribution is 0.0941. The summed E-state index contributed by atoms with van der Waals surface area (Å²) in [5.74, 6) is -0.0769. The molecule has 5 heteroatoms. The molecule has 0 aromatic carbocycles. The second-order valence-electron chi connectivity index (χ2n) is 4.56. The third kappa shape index (κ3) is 3.57. The molecule has 0 spiro atoms. The van der Waals surface area contributed by atoms with Crippen LogP contribution in [0.5, 0.6) is 0 Å². The van der Waals surface area contributed by atoms with Gasteiger partial charge in [0.2, 0.25) is 0 Å². The number of carbonyl (C=O) groups is 1. The minimum absolute atomic E-state index is 0.00897. The SMILES string of the molecule is CCCNc1cnccc1C(=O)NC(C)c1cccs1. The van der Waals surface area contributed by atoms with E-state index in [1.807, 2.05) is 24.4 Å². The van der Waals surface area contributed by atoms with Gasteiger partial charge in [-0.15, -0.1) is 11.3 Å². The van der Waals surface area contributed by atoms with Crippen LogP contribution in [0, 0.1) is 0 Å². The van der Waals surface area contributed by atoms with Crippen LogP contribution in [0.4, 0.5) is 5.69 Å². The molecule has 2 rings (SSSR count). The minimum atomic E-state index is -0.0769. The number of anilines is 1. The first-order chi connectivity index (χ1) is 9.72. The van der Waals surface area contributed by atoms with Gasteiger partial charge >= 0.3 is 0 Å². The maximum Gasteiger partial charge on any atom is 0.253 e. The molecular formula is C15H19N3OS. The van der Waals surface area contributed by atoms with Gasteiger partial charge in [0.15, 0.2) is 0 Å². The molecule has 0 bridgehead atoms. The highest BCUT2D eigenvalue weighted by Crippen LogP contribution is 2.20. The van der Waals surface area contributed by atoms with Crippen LogP contribution in [-0.4, -0.2) is 17.4 Å². The Hall–Kier alpha value is -1.88. The fraction of sp³-hybridized carbons (Fsp3) is 0.333. The van der Waals surface area contributed by atoms with E-state index < -0.39 is 0 Å². The summed E-state index contributed by atoms with van der Waals surface area (Å²) in [6.07, 6.45) is 4.34. The lowest BCUT2D eigenvalue weighted by Crippen LogP contribution is -2.27. The molecule has 2 aromatic rings. The molecule has 1 unspecified atom stereocenters. The van der Waals surface area contributed by atoms with E-state index in [2.05, 4.69) is 22.5 Å². The van der Waals surface area contributed by atoms with Crippen LogP contribution in [0.3, 0.4) is 0 Å². The first-order valence-electron chi connectivity index (χ1n) is 6.74. The first kappa shape index (κ1) is 14.5. The third-order valence-corrected chi connectivity index (χ3v) is 4.00. The van der Waals surface area contributed by atoms with Gasteiger partial charge in [-0.1, -0.05) is 13.0 Å². The lowest BCUT2D eigenvalue weighted by atomic mass is 10.2. The smallest absolute Gasteiger partial charge is 0.253 e. The Morgan fingerprint density at radius 2 is 2.30 bits per heavy atom. The largest absolute Gasteiger partial charge is 0.383 e. The van der Waals surface area contributed by atoms with Crippen molar-refractivity contribution < 1.29 is 4.79 Å². The predicted molar refractivity (Wildman–Crippen MR) is 83.2 cm³/mol. The Bertz CT molecular complexity index is 554. The van der Waals surface area contributed by atoms with E-state index in [0.717, 1.165) is 23.5 Å². The molecule has 0 saturated carbocycles. The average Bonchev–Trinajstić information content (AvgIpc) is 2.99. The molecule has 2 N–H and O–H groups in total. The second-order valence-corrected chi connectivity index (χ2v) is 5.54. The second kappa shape index (κ2) is 7.05. The molecule has 4 nitrogen and oxygen atoms in total. The van der Waals surface area contributed by atoms with E-state index in [0.29, 0.717) is 5.56 Å². The van der Waals surface area contributed by atoms with Gasteiger partial charge in [-0.2, -0.15) is 0 Å². The average molecular weight is 289 g/mol. The minimum Gasteiger partial charge on any atom is -0.383 e. The van der Waals surface area contributed by atoms with Crippen LogP contribution in [0.15, 0.2) is 36.0 Å². The summed E-state index contributed by atoms with van der Waals surface area (Å²) in [6.45, 7) is 4.90. The number of aromatic nitrogens is 1. The van der Waals surface area contributed by atoms with Gasteiger partial charge in [0.25, 0.3) is 5.91 Å². The van der Waals surface area contributed by atoms with Crippen molar-refractivity contribution in [2.45, 2.75) is 26.3 Å². The van der Waals surface area contributed by atoms with Crippen LogP contribution in [-0.2, 0) is 0 Å². The van der Waals surface area contributed by atoms with E-state index in [-0.39, 0.29) is 11.9 Å². The number of thiophene rings is 1. The van der Waals surface area contributed by atoms with Crippen molar-refractivity contribution in [3.05, 3.63) is 46.4 Å². The number of hydrogen-bond acceptors (Lipinski definition) is 4. The Kier molecular flexibility index (Phi) is 5.12. The Morgan fingerprint density at radius 1 is 1.45 bits per heavy atom. The molecule has 1 atom stereocenters. The number of carbonyl (C=O) groups excluding carboxylic acids is 1. The molecule has 0 aliphatic rings. The summed E-state index contributed by atoms with van der Waals surface area (Å²) >= 11 is 1.64. The van der Waals surface area contributed by atoms with Crippen molar-refractivity contribution in [1.29, 1.82) is 0 Å². The molecule has 0 fully saturated rings. The number of hydrogen-bond donors (Lipinski definition) is 2. The summed E-state index contributed by atoms with van der Waals surface area (Å²) in [5.41, 5.74) is 1.42. The van der Waals surface area contributed by atoms with Gasteiger partial charge in [-0.3, -0.25) is 9.78 Å². The summed E-state index contributed by atoms with van der Waals surface area (Å²) in [5, 5.41) is 8.26. The number of nitrogens with one attached hydrogen (secondary N) is 2. The highest BCUT2D eigenvalue weighted by atomic mass is 32.1. The van der Waals surface area contributed by atoms with Crippen molar-refractivity contribution >= 4 is 22.9 Å². The molecule has 2 heterocycles. The summed E-state index contributed by atoms with van der Waals surface area (Å²) in [6, 6.07) is 5.77. The molecule has 0 radical (unpaired) electrons. The highest BCUT2D eigenvalue weighted by Gasteiger charge is 2.15. The first-order valence-corrected chi connectivity index (χ1v) is 7.62. The Morgan fingerprint density at radius 3 is 3.00 bits per heavy atom. The molecule has 1 amide bonds. The van der Waals surface area contributed by atoms with Gasteiger partial charge in [-0.05, 0) is 30.9 Å². The normalized spacial score (nSPS) is 11.9. The fourth-order valence-electron chi connectivity index (χ4n) is 1.88. The lowest BCUT2D eigenvalue weighted by Gasteiger charge is -2.15. The predicted octanol–water partition coefficient (Wildman–Crippen LogP) is 3.46. The van der Waals surface area contributed by atoms with E-state index >= 15 is 0 Å².